The lowest BCUT2D eigenvalue weighted by Gasteiger charge is -2.27. The summed E-state index contributed by atoms with van der Waals surface area (Å²) >= 11 is 0. The number of hydrogen-bond acceptors (Lipinski definition) is 9. The van der Waals surface area contributed by atoms with E-state index in [2.05, 4.69) is 21.3 Å². The minimum Gasteiger partial charge on any atom is -0.460 e. The molecule has 3 aromatic rings. The third-order valence-corrected chi connectivity index (χ3v) is 8.14. The van der Waals surface area contributed by atoms with Crippen LogP contribution in [0.2, 0.25) is 0 Å². The van der Waals surface area contributed by atoms with E-state index in [9.17, 15) is 24.0 Å². The molecule has 0 fully saturated rings. The molecule has 3 rings (SSSR count). The minimum absolute atomic E-state index is 0.00292. The summed E-state index contributed by atoms with van der Waals surface area (Å²) < 4.78 is 16.6. The maximum absolute atomic E-state index is 13.4. The van der Waals surface area contributed by atoms with E-state index in [1.54, 1.807) is 20.8 Å². The number of rotatable bonds is 21. The standard InChI is InChI=1S/C41H54N4O8/c1-41(2,3)53-39(49)35(44-34(24-23-30-16-8-5-9-17-30)38(48)51-28-31-18-10-6-11-19-31)25-26-36(46)43-27-15-14-22-33(37(47)42-4)45-40(50)52-29-32-20-12-7-13-21-32/h5-13,16-21,33-35,44H,14-15,22-29H2,1-4H3,(H,42,47)(H,43,46)(H,45,50)/t33-,34-,35+/m0/s1. The van der Waals surface area contributed by atoms with Gasteiger partial charge in [-0.05, 0) is 76.0 Å². The molecule has 12 heteroatoms. The first kappa shape index (κ1) is 42.2. The van der Waals surface area contributed by atoms with E-state index in [1.807, 2.05) is 91.0 Å². The molecule has 3 amide bonds. The van der Waals surface area contributed by atoms with Gasteiger partial charge in [-0.2, -0.15) is 0 Å². The van der Waals surface area contributed by atoms with E-state index in [4.69, 9.17) is 14.2 Å². The average molecular weight is 731 g/mol. The van der Waals surface area contributed by atoms with Crippen molar-refractivity contribution < 1.29 is 38.2 Å². The predicted molar refractivity (Wildman–Crippen MR) is 201 cm³/mol. The zero-order valence-electron chi connectivity index (χ0n) is 31.2. The van der Waals surface area contributed by atoms with Gasteiger partial charge in [0.25, 0.3) is 0 Å². The van der Waals surface area contributed by atoms with E-state index in [-0.39, 0.29) is 37.9 Å². The Balaban J connectivity index is 1.53. The first-order valence-corrected chi connectivity index (χ1v) is 18.1. The molecule has 0 bridgehead atoms. The highest BCUT2D eigenvalue weighted by atomic mass is 16.6. The van der Waals surface area contributed by atoms with Crippen molar-refractivity contribution >= 4 is 29.8 Å². The lowest BCUT2D eigenvalue weighted by molar-refractivity contribution is -0.158. The first-order chi connectivity index (χ1) is 25.4. The van der Waals surface area contributed by atoms with Crippen LogP contribution in [0.5, 0.6) is 0 Å². The van der Waals surface area contributed by atoms with Gasteiger partial charge < -0.3 is 30.2 Å². The van der Waals surface area contributed by atoms with Gasteiger partial charge in [-0.3, -0.25) is 24.5 Å². The summed E-state index contributed by atoms with van der Waals surface area (Å²) in [6.07, 6.45) is 1.72. The van der Waals surface area contributed by atoms with E-state index in [1.165, 1.54) is 7.05 Å². The van der Waals surface area contributed by atoms with Gasteiger partial charge in [0.15, 0.2) is 0 Å². The SMILES string of the molecule is CNC(=O)[C@H](CCCCNC(=O)CC[C@@H](N[C@@H](CCc1ccccc1)C(=O)OCc1ccccc1)C(=O)OC(C)(C)C)NC(=O)OCc1ccccc1. The van der Waals surface area contributed by atoms with Crippen molar-refractivity contribution in [3.05, 3.63) is 108 Å². The number of hydrogen-bond donors (Lipinski definition) is 4. The Hall–Kier alpha value is -5.23. The highest BCUT2D eigenvalue weighted by Crippen LogP contribution is 2.15. The number of alkyl carbamates (subject to hydrolysis) is 1. The lowest BCUT2D eigenvalue weighted by Crippen LogP contribution is -2.50. The summed E-state index contributed by atoms with van der Waals surface area (Å²) in [6.45, 7) is 5.76. The maximum atomic E-state index is 13.4. The molecule has 0 aromatic heterocycles. The Labute approximate surface area is 312 Å². The lowest BCUT2D eigenvalue weighted by atomic mass is 10.0. The molecule has 3 aromatic carbocycles. The molecule has 0 aliphatic heterocycles. The highest BCUT2D eigenvalue weighted by Gasteiger charge is 2.31. The van der Waals surface area contributed by atoms with Crippen molar-refractivity contribution in [2.45, 2.75) is 103 Å². The molecule has 3 atom stereocenters. The van der Waals surface area contributed by atoms with Crippen LogP contribution in [-0.2, 0) is 53.0 Å². The Morgan fingerprint density at radius 3 is 1.75 bits per heavy atom. The number of nitrogens with one attached hydrogen (secondary N) is 4. The molecule has 0 aliphatic carbocycles. The summed E-state index contributed by atoms with van der Waals surface area (Å²) in [5.74, 6) is -1.70. The summed E-state index contributed by atoms with van der Waals surface area (Å²) in [5.41, 5.74) is 1.91. The van der Waals surface area contributed by atoms with Crippen molar-refractivity contribution in [3.63, 3.8) is 0 Å². The van der Waals surface area contributed by atoms with Crippen LogP contribution in [0.25, 0.3) is 0 Å². The van der Waals surface area contributed by atoms with Gasteiger partial charge in [0.2, 0.25) is 11.8 Å². The predicted octanol–water partition coefficient (Wildman–Crippen LogP) is 5.14. The van der Waals surface area contributed by atoms with Crippen LogP contribution in [0, 0.1) is 0 Å². The Bertz CT molecular complexity index is 1570. The molecule has 0 saturated heterocycles. The topological polar surface area (TPSA) is 161 Å². The van der Waals surface area contributed by atoms with Crippen molar-refractivity contribution in [1.82, 2.24) is 21.3 Å². The zero-order valence-corrected chi connectivity index (χ0v) is 31.2. The third-order valence-electron chi connectivity index (χ3n) is 8.14. The van der Waals surface area contributed by atoms with Crippen LogP contribution >= 0.6 is 0 Å². The van der Waals surface area contributed by atoms with Gasteiger partial charge in [0.1, 0.15) is 36.9 Å². The van der Waals surface area contributed by atoms with Crippen LogP contribution in [0.4, 0.5) is 4.79 Å². The molecular formula is C41H54N4O8. The second-order valence-corrected chi connectivity index (χ2v) is 13.7. The first-order valence-electron chi connectivity index (χ1n) is 18.1. The fraction of sp³-hybridized carbons (Fsp3) is 0.439. The fourth-order valence-corrected chi connectivity index (χ4v) is 5.35. The maximum Gasteiger partial charge on any atom is 0.408 e. The fourth-order valence-electron chi connectivity index (χ4n) is 5.35. The molecular weight excluding hydrogens is 676 g/mol. The molecule has 0 heterocycles. The number of carbonyl (C=O) groups excluding carboxylic acids is 5. The van der Waals surface area contributed by atoms with Gasteiger partial charge in [-0.1, -0.05) is 91.0 Å². The quantitative estimate of drug-likeness (QED) is 0.0661. The van der Waals surface area contributed by atoms with Crippen LogP contribution in [0.3, 0.4) is 0 Å². The summed E-state index contributed by atoms with van der Waals surface area (Å²) in [7, 11) is 1.49. The number of unbranched alkanes of at least 4 members (excludes halogenated alkanes) is 1. The number of esters is 2. The Morgan fingerprint density at radius 1 is 0.642 bits per heavy atom. The van der Waals surface area contributed by atoms with Crippen molar-refractivity contribution in [1.29, 1.82) is 0 Å². The van der Waals surface area contributed by atoms with Crippen LogP contribution < -0.4 is 21.3 Å². The van der Waals surface area contributed by atoms with Gasteiger partial charge in [0, 0.05) is 20.0 Å². The monoisotopic (exact) mass is 730 g/mol. The van der Waals surface area contributed by atoms with Crippen molar-refractivity contribution in [3.8, 4) is 0 Å². The van der Waals surface area contributed by atoms with E-state index in [0.29, 0.717) is 38.6 Å². The smallest absolute Gasteiger partial charge is 0.408 e. The van der Waals surface area contributed by atoms with E-state index >= 15 is 0 Å². The third kappa shape index (κ3) is 17.2. The number of likely N-dealkylation sites (N-methyl/N-ethyl adjacent to an activating group) is 1. The number of amides is 3. The molecule has 0 aliphatic rings. The van der Waals surface area contributed by atoms with Gasteiger partial charge in [-0.25, -0.2) is 4.79 Å². The van der Waals surface area contributed by atoms with Crippen LogP contribution in [0.15, 0.2) is 91.0 Å². The summed E-state index contributed by atoms with van der Waals surface area (Å²) in [5, 5.41) is 11.2. The number of aryl methyl sites for hydroxylation is 1. The molecule has 0 radical (unpaired) electrons. The van der Waals surface area contributed by atoms with Crippen LogP contribution in [0.1, 0.15) is 76.0 Å². The molecule has 12 nitrogen and oxygen atoms in total. The minimum atomic E-state index is -0.953. The Morgan fingerprint density at radius 2 is 1.19 bits per heavy atom. The zero-order chi connectivity index (χ0) is 38.5. The van der Waals surface area contributed by atoms with E-state index in [0.717, 1.165) is 16.7 Å². The largest absolute Gasteiger partial charge is 0.460 e. The molecule has 53 heavy (non-hydrogen) atoms. The summed E-state index contributed by atoms with van der Waals surface area (Å²) in [4.78, 5) is 64.4. The van der Waals surface area contributed by atoms with Crippen molar-refractivity contribution in [2.75, 3.05) is 13.6 Å². The van der Waals surface area contributed by atoms with Crippen LogP contribution in [-0.4, -0.2) is 67.2 Å². The molecule has 0 unspecified atom stereocenters. The number of ether oxygens (including phenoxy) is 3. The summed E-state index contributed by atoms with van der Waals surface area (Å²) in [6, 6.07) is 25.7. The molecule has 4 N–H and O–H groups in total. The van der Waals surface area contributed by atoms with E-state index < -0.39 is 41.8 Å². The molecule has 286 valence electrons. The average Bonchev–Trinajstić information content (AvgIpc) is 3.15. The van der Waals surface area contributed by atoms with Gasteiger partial charge >= 0.3 is 18.0 Å². The van der Waals surface area contributed by atoms with Gasteiger partial charge in [0.05, 0.1) is 0 Å². The number of benzene rings is 3. The van der Waals surface area contributed by atoms with Crippen molar-refractivity contribution in [2.24, 2.45) is 0 Å². The normalized spacial score (nSPS) is 12.8. The highest BCUT2D eigenvalue weighted by molar-refractivity contribution is 5.85. The van der Waals surface area contributed by atoms with Gasteiger partial charge in [-0.15, -0.1) is 0 Å². The Kier molecular flexibility index (Phi) is 18.0. The second kappa shape index (κ2) is 22.7. The molecule has 0 spiro atoms. The molecule has 0 saturated carbocycles. The second-order valence-electron chi connectivity index (χ2n) is 13.7. The number of carbonyl (C=O) groups is 5.